The van der Waals surface area contributed by atoms with Crippen LogP contribution in [0.1, 0.15) is 25.3 Å². The zero-order valence-corrected chi connectivity index (χ0v) is 13.3. The van der Waals surface area contributed by atoms with Crippen molar-refractivity contribution in [2.75, 3.05) is 26.8 Å². The molecular formula is C18H28N2O. The van der Waals surface area contributed by atoms with Crippen molar-refractivity contribution < 1.29 is 4.74 Å². The number of benzene rings is 1. The molecule has 3 unspecified atom stereocenters. The van der Waals surface area contributed by atoms with Crippen molar-refractivity contribution in [2.24, 2.45) is 5.92 Å². The van der Waals surface area contributed by atoms with Crippen molar-refractivity contribution in [3.63, 3.8) is 0 Å². The lowest BCUT2D eigenvalue weighted by atomic mass is 9.98. The molecule has 3 rings (SSSR count). The molecule has 0 amide bonds. The summed E-state index contributed by atoms with van der Waals surface area (Å²) in [5.74, 6) is 0.912. The third kappa shape index (κ3) is 3.85. The molecule has 1 N–H and O–H groups in total. The largest absolute Gasteiger partial charge is 0.383 e. The molecule has 3 heteroatoms. The standard InChI is InChI=1S/C18H28N2O/c1-14(13-21-2)20-12-17(10-15-6-4-3-5-7-15)19-11-18(20)16-8-9-16/h3-7,14,16-19H,8-13H2,1-2H3. The molecule has 0 spiro atoms. The Morgan fingerprint density at radius 2 is 2.05 bits per heavy atom. The van der Waals surface area contributed by atoms with Crippen LogP contribution in [0.3, 0.4) is 0 Å². The highest BCUT2D eigenvalue weighted by Gasteiger charge is 2.40. The Balaban J connectivity index is 1.63. The van der Waals surface area contributed by atoms with E-state index in [-0.39, 0.29) is 0 Å². The van der Waals surface area contributed by atoms with Crippen molar-refractivity contribution in [1.82, 2.24) is 10.2 Å². The number of nitrogens with zero attached hydrogens (tertiary/aromatic N) is 1. The van der Waals surface area contributed by atoms with Crippen molar-refractivity contribution >= 4 is 0 Å². The first-order chi connectivity index (χ1) is 10.3. The van der Waals surface area contributed by atoms with E-state index >= 15 is 0 Å². The van der Waals surface area contributed by atoms with Gasteiger partial charge < -0.3 is 10.1 Å². The molecule has 1 saturated heterocycles. The number of ether oxygens (including phenoxy) is 1. The summed E-state index contributed by atoms with van der Waals surface area (Å²) in [6.45, 7) is 5.42. The molecule has 0 bridgehead atoms. The van der Waals surface area contributed by atoms with Gasteiger partial charge in [0.2, 0.25) is 0 Å². The van der Waals surface area contributed by atoms with Gasteiger partial charge in [0.25, 0.3) is 0 Å². The average molecular weight is 288 g/mol. The lowest BCUT2D eigenvalue weighted by Crippen LogP contribution is -2.61. The normalized spacial score (nSPS) is 28.5. The second-order valence-corrected chi connectivity index (χ2v) is 6.70. The Morgan fingerprint density at radius 1 is 1.29 bits per heavy atom. The molecule has 116 valence electrons. The van der Waals surface area contributed by atoms with Crippen LogP contribution in [-0.4, -0.2) is 49.8 Å². The van der Waals surface area contributed by atoms with Gasteiger partial charge >= 0.3 is 0 Å². The van der Waals surface area contributed by atoms with E-state index in [1.807, 2.05) is 7.11 Å². The maximum absolute atomic E-state index is 5.40. The molecule has 3 atom stereocenters. The van der Waals surface area contributed by atoms with Crippen LogP contribution >= 0.6 is 0 Å². The molecule has 0 aromatic heterocycles. The fourth-order valence-corrected chi connectivity index (χ4v) is 3.66. The highest BCUT2D eigenvalue weighted by molar-refractivity contribution is 5.16. The van der Waals surface area contributed by atoms with Crippen molar-refractivity contribution in [1.29, 1.82) is 0 Å². The highest BCUT2D eigenvalue weighted by Crippen LogP contribution is 2.37. The number of rotatable bonds is 6. The van der Waals surface area contributed by atoms with Gasteiger partial charge in [0, 0.05) is 38.3 Å². The molecule has 21 heavy (non-hydrogen) atoms. The summed E-state index contributed by atoms with van der Waals surface area (Å²) in [5.41, 5.74) is 1.43. The van der Waals surface area contributed by atoms with Crippen LogP contribution in [0.5, 0.6) is 0 Å². The van der Waals surface area contributed by atoms with Gasteiger partial charge in [-0.15, -0.1) is 0 Å². The predicted octanol–water partition coefficient (Wildman–Crippen LogP) is 2.32. The van der Waals surface area contributed by atoms with Gasteiger partial charge in [-0.3, -0.25) is 4.90 Å². The first-order valence-corrected chi connectivity index (χ1v) is 8.30. The minimum Gasteiger partial charge on any atom is -0.383 e. The summed E-state index contributed by atoms with van der Waals surface area (Å²) < 4.78 is 5.40. The molecule has 2 aliphatic rings. The van der Waals surface area contributed by atoms with E-state index in [2.05, 4.69) is 47.5 Å². The lowest BCUT2D eigenvalue weighted by Gasteiger charge is -2.44. The zero-order chi connectivity index (χ0) is 14.7. The van der Waals surface area contributed by atoms with Gasteiger partial charge in [-0.05, 0) is 37.7 Å². The maximum Gasteiger partial charge on any atom is 0.0615 e. The first-order valence-electron chi connectivity index (χ1n) is 8.30. The molecule has 1 aromatic carbocycles. The quantitative estimate of drug-likeness (QED) is 0.869. The zero-order valence-electron chi connectivity index (χ0n) is 13.3. The molecule has 0 radical (unpaired) electrons. The number of hydrogen-bond donors (Lipinski definition) is 1. The van der Waals surface area contributed by atoms with Crippen molar-refractivity contribution in [2.45, 2.75) is 44.3 Å². The Morgan fingerprint density at radius 3 is 2.71 bits per heavy atom. The molecule has 1 heterocycles. The lowest BCUT2D eigenvalue weighted by molar-refractivity contribution is 0.0332. The molecular weight excluding hydrogens is 260 g/mol. The first kappa shape index (κ1) is 15.0. The van der Waals surface area contributed by atoms with Crippen molar-refractivity contribution in [3.05, 3.63) is 35.9 Å². The van der Waals surface area contributed by atoms with Gasteiger partial charge in [-0.25, -0.2) is 0 Å². The highest BCUT2D eigenvalue weighted by atomic mass is 16.5. The summed E-state index contributed by atoms with van der Waals surface area (Å²) in [5, 5.41) is 3.78. The Hall–Kier alpha value is -0.900. The van der Waals surface area contributed by atoms with Gasteiger partial charge in [0.05, 0.1) is 6.61 Å². The molecule has 1 aliphatic carbocycles. The van der Waals surface area contributed by atoms with E-state index in [1.165, 1.54) is 18.4 Å². The van der Waals surface area contributed by atoms with Gasteiger partial charge in [0.1, 0.15) is 0 Å². The third-order valence-electron chi connectivity index (χ3n) is 4.94. The molecule has 1 saturated carbocycles. The van der Waals surface area contributed by atoms with Crippen LogP contribution < -0.4 is 5.32 Å². The fourth-order valence-electron chi connectivity index (χ4n) is 3.66. The Bertz CT molecular complexity index is 432. The van der Waals surface area contributed by atoms with E-state index in [1.54, 1.807) is 0 Å². The van der Waals surface area contributed by atoms with Crippen LogP contribution in [0.15, 0.2) is 30.3 Å². The minimum atomic E-state index is 0.515. The molecule has 3 nitrogen and oxygen atoms in total. The van der Waals surface area contributed by atoms with E-state index in [9.17, 15) is 0 Å². The Kier molecular flexibility index (Phi) is 4.94. The summed E-state index contributed by atoms with van der Waals surface area (Å²) in [4.78, 5) is 2.70. The molecule has 1 aromatic rings. The average Bonchev–Trinajstić information content (AvgIpc) is 3.33. The minimum absolute atomic E-state index is 0.515. The maximum atomic E-state index is 5.40. The number of piperazine rings is 1. The van der Waals surface area contributed by atoms with E-state index in [0.717, 1.165) is 32.0 Å². The SMILES string of the molecule is COCC(C)N1CC(Cc2ccccc2)NCC1C1CC1. The van der Waals surface area contributed by atoms with E-state index in [0.29, 0.717) is 18.1 Å². The second kappa shape index (κ2) is 6.91. The topological polar surface area (TPSA) is 24.5 Å². The molecule has 1 aliphatic heterocycles. The summed E-state index contributed by atoms with van der Waals surface area (Å²) in [6, 6.07) is 12.6. The Labute approximate surface area is 128 Å². The van der Waals surface area contributed by atoms with Crippen LogP contribution in [0.25, 0.3) is 0 Å². The van der Waals surface area contributed by atoms with Gasteiger partial charge in [0.15, 0.2) is 0 Å². The smallest absolute Gasteiger partial charge is 0.0615 e. The fraction of sp³-hybridized carbons (Fsp3) is 0.667. The predicted molar refractivity (Wildman–Crippen MR) is 86.5 cm³/mol. The number of hydrogen-bond acceptors (Lipinski definition) is 3. The van der Waals surface area contributed by atoms with Crippen LogP contribution in [0.4, 0.5) is 0 Å². The second-order valence-electron chi connectivity index (χ2n) is 6.70. The van der Waals surface area contributed by atoms with Crippen molar-refractivity contribution in [3.8, 4) is 0 Å². The molecule has 2 fully saturated rings. The van der Waals surface area contributed by atoms with E-state index < -0.39 is 0 Å². The number of nitrogens with one attached hydrogen (secondary N) is 1. The summed E-state index contributed by atoms with van der Waals surface area (Å²) in [7, 11) is 1.81. The number of methoxy groups -OCH3 is 1. The van der Waals surface area contributed by atoms with Crippen LogP contribution in [0.2, 0.25) is 0 Å². The van der Waals surface area contributed by atoms with Gasteiger partial charge in [-0.2, -0.15) is 0 Å². The van der Waals surface area contributed by atoms with Gasteiger partial charge in [-0.1, -0.05) is 30.3 Å². The third-order valence-corrected chi connectivity index (χ3v) is 4.94. The summed E-state index contributed by atoms with van der Waals surface area (Å²) >= 11 is 0. The summed E-state index contributed by atoms with van der Waals surface area (Å²) in [6.07, 6.45) is 3.94. The van der Waals surface area contributed by atoms with E-state index in [4.69, 9.17) is 4.74 Å². The van der Waals surface area contributed by atoms with Crippen LogP contribution in [-0.2, 0) is 11.2 Å². The van der Waals surface area contributed by atoms with Crippen LogP contribution in [0, 0.1) is 5.92 Å². The monoisotopic (exact) mass is 288 g/mol.